The topological polar surface area (TPSA) is 99.4 Å². The van der Waals surface area contributed by atoms with Crippen LogP contribution >= 0.6 is 11.6 Å². The third kappa shape index (κ3) is 4.04. The average molecular weight is 461 g/mol. The average Bonchev–Trinajstić information content (AvgIpc) is 3.66. The Morgan fingerprint density at radius 1 is 1.00 bits per heavy atom. The summed E-state index contributed by atoms with van der Waals surface area (Å²) in [6.45, 7) is 0.0916. The Hall–Kier alpha value is -1.67. The zero-order chi connectivity index (χ0) is 22.4. The molecule has 1 saturated carbocycles. The first kappa shape index (κ1) is 22.1. The highest BCUT2D eigenvalue weighted by Gasteiger charge is 2.45. The fourth-order valence-corrected chi connectivity index (χ4v) is 5.15. The number of aliphatic hydroxyl groups is 4. The fourth-order valence-electron chi connectivity index (χ4n) is 4.86. The zero-order valence-electron chi connectivity index (χ0n) is 17.8. The molecular weight excluding hydrogens is 432 g/mol. The molecular formula is C25H29ClO6. The monoisotopic (exact) mass is 460 g/mol. The Morgan fingerprint density at radius 2 is 1.75 bits per heavy atom. The van der Waals surface area contributed by atoms with Gasteiger partial charge in [0.25, 0.3) is 0 Å². The van der Waals surface area contributed by atoms with E-state index in [4.69, 9.17) is 21.1 Å². The zero-order valence-corrected chi connectivity index (χ0v) is 18.5. The van der Waals surface area contributed by atoms with Gasteiger partial charge >= 0.3 is 0 Å². The van der Waals surface area contributed by atoms with Gasteiger partial charge < -0.3 is 29.9 Å². The van der Waals surface area contributed by atoms with Crippen LogP contribution < -0.4 is 4.74 Å². The molecule has 6 nitrogen and oxygen atoms in total. The summed E-state index contributed by atoms with van der Waals surface area (Å²) in [4.78, 5) is 0. The van der Waals surface area contributed by atoms with Crippen molar-refractivity contribution in [2.24, 2.45) is 0 Å². The molecule has 2 aromatic carbocycles. The van der Waals surface area contributed by atoms with Crippen LogP contribution in [0.4, 0.5) is 0 Å². The quantitative estimate of drug-likeness (QED) is 0.547. The van der Waals surface area contributed by atoms with Crippen molar-refractivity contribution in [3.63, 3.8) is 0 Å². The Bertz CT molecular complexity index is 971. The van der Waals surface area contributed by atoms with Gasteiger partial charge in [-0.25, -0.2) is 0 Å². The van der Waals surface area contributed by atoms with Gasteiger partial charge in [0, 0.05) is 5.56 Å². The van der Waals surface area contributed by atoms with Gasteiger partial charge in [-0.1, -0.05) is 41.9 Å². The lowest BCUT2D eigenvalue weighted by Crippen LogP contribution is -2.55. The minimum atomic E-state index is -1.43. The number of hydrogen-bond donors (Lipinski definition) is 4. The van der Waals surface area contributed by atoms with Gasteiger partial charge in [0.1, 0.15) is 36.3 Å². The Kier molecular flexibility index (Phi) is 6.18. The number of ether oxygens (including phenoxy) is 2. The van der Waals surface area contributed by atoms with Crippen LogP contribution in [0.5, 0.6) is 5.75 Å². The second kappa shape index (κ2) is 8.93. The largest absolute Gasteiger partial charge is 0.492 e. The lowest BCUT2D eigenvalue weighted by molar-refractivity contribution is -0.232. The summed E-state index contributed by atoms with van der Waals surface area (Å²) in [6.07, 6.45) is -1.43. The number of halogens is 1. The van der Waals surface area contributed by atoms with Crippen molar-refractivity contribution in [3.05, 3.63) is 63.2 Å². The van der Waals surface area contributed by atoms with E-state index in [-0.39, 0.29) is 0 Å². The minimum Gasteiger partial charge on any atom is -0.492 e. The lowest BCUT2D eigenvalue weighted by Gasteiger charge is -2.41. The molecule has 2 heterocycles. The van der Waals surface area contributed by atoms with Gasteiger partial charge in [-0.2, -0.15) is 0 Å². The molecule has 4 N–H and O–H groups in total. The van der Waals surface area contributed by atoms with Crippen molar-refractivity contribution in [2.75, 3.05) is 13.2 Å². The van der Waals surface area contributed by atoms with Crippen molar-refractivity contribution in [2.45, 2.75) is 68.5 Å². The summed E-state index contributed by atoms with van der Waals surface area (Å²) in [6, 6.07) is 10.5. The number of benzene rings is 2. The molecule has 32 heavy (non-hydrogen) atoms. The van der Waals surface area contributed by atoms with Gasteiger partial charge in [-0.3, -0.25) is 0 Å². The Balaban J connectivity index is 1.52. The SMILES string of the molecule is OC[C@@H]1O[C@H](c2cc(Cc3ccc(C4CC4)cc3)c(Cl)c3c2CCCO3)[C@@H](O)[C@H](O)[C@H]1O. The number of rotatable bonds is 5. The summed E-state index contributed by atoms with van der Waals surface area (Å²) in [5, 5.41) is 41.4. The van der Waals surface area contributed by atoms with E-state index >= 15 is 0 Å². The molecule has 7 heteroatoms. The van der Waals surface area contributed by atoms with Crippen molar-refractivity contribution >= 4 is 11.6 Å². The van der Waals surface area contributed by atoms with E-state index in [1.54, 1.807) is 0 Å². The number of aliphatic hydroxyl groups excluding tert-OH is 4. The van der Waals surface area contributed by atoms with Crippen molar-refractivity contribution in [1.82, 2.24) is 0 Å². The fraction of sp³-hybridized carbons (Fsp3) is 0.520. The summed E-state index contributed by atoms with van der Waals surface area (Å²) < 4.78 is 11.8. The van der Waals surface area contributed by atoms with E-state index in [1.807, 2.05) is 6.07 Å². The van der Waals surface area contributed by atoms with Crippen molar-refractivity contribution in [1.29, 1.82) is 0 Å². The van der Waals surface area contributed by atoms with E-state index in [2.05, 4.69) is 24.3 Å². The molecule has 1 saturated heterocycles. The molecule has 0 aromatic heterocycles. The van der Waals surface area contributed by atoms with Crippen LogP contribution in [-0.4, -0.2) is 58.1 Å². The van der Waals surface area contributed by atoms with Crippen LogP contribution in [0.25, 0.3) is 0 Å². The van der Waals surface area contributed by atoms with Gasteiger partial charge in [-0.15, -0.1) is 0 Å². The first-order valence-corrected chi connectivity index (χ1v) is 11.7. The predicted molar refractivity (Wildman–Crippen MR) is 119 cm³/mol. The maximum atomic E-state index is 10.7. The second-order valence-corrected chi connectivity index (χ2v) is 9.52. The lowest BCUT2D eigenvalue weighted by atomic mass is 9.85. The van der Waals surface area contributed by atoms with Gasteiger partial charge in [0.15, 0.2) is 0 Å². The van der Waals surface area contributed by atoms with Crippen LogP contribution in [0.3, 0.4) is 0 Å². The number of hydrogen-bond acceptors (Lipinski definition) is 6. The maximum Gasteiger partial charge on any atom is 0.141 e. The maximum absolute atomic E-state index is 10.7. The smallest absolute Gasteiger partial charge is 0.141 e. The molecule has 5 rings (SSSR count). The molecule has 0 bridgehead atoms. The summed E-state index contributed by atoms with van der Waals surface area (Å²) >= 11 is 6.77. The second-order valence-electron chi connectivity index (χ2n) is 9.14. The molecule has 0 radical (unpaired) electrons. The van der Waals surface area contributed by atoms with E-state index in [1.165, 1.54) is 18.4 Å². The molecule has 2 fully saturated rings. The van der Waals surface area contributed by atoms with Crippen LogP contribution in [0.1, 0.15) is 59.1 Å². The normalized spacial score (nSPS) is 30.0. The molecule has 172 valence electrons. The van der Waals surface area contributed by atoms with E-state index in [0.717, 1.165) is 23.1 Å². The molecule has 3 aliphatic rings. The predicted octanol–water partition coefficient (Wildman–Crippen LogP) is 2.65. The molecule has 5 atom stereocenters. The first-order chi connectivity index (χ1) is 15.5. The molecule has 1 aliphatic carbocycles. The molecule has 0 spiro atoms. The van der Waals surface area contributed by atoms with Crippen molar-refractivity contribution < 1.29 is 29.9 Å². The van der Waals surface area contributed by atoms with E-state index < -0.39 is 37.1 Å². The standard InChI is InChI=1S/C25H29ClO6/c26-20-16(10-13-3-5-14(6-4-13)15-7-8-15)11-18(17-2-1-9-31-24(17)20)25-23(30)22(29)21(28)19(12-27)32-25/h3-6,11,15,19,21-23,25,27-30H,1-2,7-10,12H2/t19-,21-,22+,23-,25+/m0/s1. The highest BCUT2D eigenvalue weighted by Crippen LogP contribution is 2.44. The van der Waals surface area contributed by atoms with Crippen LogP contribution in [-0.2, 0) is 17.6 Å². The number of fused-ring (bicyclic) bond motifs is 1. The van der Waals surface area contributed by atoms with Gasteiger partial charge in [0.05, 0.1) is 18.2 Å². The molecule has 0 amide bonds. The van der Waals surface area contributed by atoms with Gasteiger partial charge in [-0.05, 0) is 60.3 Å². The summed E-state index contributed by atoms with van der Waals surface area (Å²) in [5.74, 6) is 1.29. The Morgan fingerprint density at radius 3 is 2.44 bits per heavy atom. The third-order valence-electron chi connectivity index (χ3n) is 6.87. The first-order valence-electron chi connectivity index (χ1n) is 11.3. The van der Waals surface area contributed by atoms with Gasteiger partial charge in [0.2, 0.25) is 0 Å². The molecule has 2 aromatic rings. The van der Waals surface area contributed by atoms with Crippen LogP contribution in [0, 0.1) is 0 Å². The Labute approximate surface area is 192 Å². The minimum absolute atomic E-state index is 0.464. The summed E-state index contributed by atoms with van der Waals surface area (Å²) in [7, 11) is 0. The highest BCUT2D eigenvalue weighted by atomic mass is 35.5. The van der Waals surface area contributed by atoms with Crippen LogP contribution in [0.2, 0.25) is 5.02 Å². The van der Waals surface area contributed by atoms with E-state index in [9.17, 15) is 20.4 Å². The highest BCUT2D eigenvalue weighted by molar-refractivity contribution is 6.33. The van der Waals surface area contributed by atoms with E-state index in [0.29, 0.717) is 41.7 Å². The van der Waals surface area contributed by atoms with Crippen LogP contribution in [0.15, 0.2) is 30.3 Å². The summed E-state index contributed by atoms with van der Waals surface area (Å²) in [5.41, 5.74) is 4.87. The third-order valence-corrected chi connectivity index (χ3v) is 7.29. The van der Waals surface area contributed by atoms with Crippen molar-refractivity contribution in [3.8, 4) is 5.75 Å². The molecule has 2 aliphatic heterocycles. The molecule has 0 unspecified atom stereocenters.